The van der Waals surface area contributed by atoms with Gasteiger partial charge in [0.15, 0.2) is 6.61 Å². The van der Waals surface area contributed by atoms with Crippen molar-refractivity contribution in [3.05, 3.63) is 70.8 Å². The fourth-order valence-corrected chi connectivity index (χ4v) is 3.03. The molecular weight excluding hydrogens is 388 g/mol. The van der Waals surface area contributed by atoms with Crippen LogP contribution in [-0.2, 0) is 14.3 Å². The second kappa shape index (κ2) is 9.13. The molecule has 30 heavy (non-hydrogen) atoms. The molecule has 3 rings (SSSR count). The molecule has 0 aromatic heterocycles. The average Bonchev–Trinajstić information content (AvgIpc) is 2.97. The number of amides is 4. The SMILES string of the molecule is Cc1ccc2c(c1)C(=O)N(CCCC(=O)OCC(=O)NC(=O)c1ccccc1)C2=O. The third kappa shape index (κ3) is 4.78. The number of carbonyl (C=O) groups is 5. The Balaban J connectivity index is 1.40. The molecule has 1 aliphatic heterocycles. The fraction of sp³-hybridized carbons (Fsp3) is 0.227. The lowest BCUT2D eigenvalue weighted by Crippen LogP contribution is -2.34. The molecule has 0 saturated heterocycles. The van der Waals surface area contributed by atoms with Crippen LogP contribution in [0, 0.1) is 6.92 Å². The number of fused-ring (bicyclic) bond motifs is 1. The van der Waals surface area contributed by atoms with Gasteiger partial charge in [-0.2, -0.15) is 0 Å². The highest BCUT2D eigenvalue weighted by Gasteiger charge is 2.35. The van der Waals surface area contributed by atoms with Crippen LogP contribution < -0.4 is 5.32 Å². The summed E-state index contributed by atoms with van der Waals surface area (Å²) in [5.74, 6) is -2.76. The maximum absolute atomic E-state index is 12.4. The van der Waals surface area contributed by atoms with Gasteiger partial charge in [-0.15, -0.1) is 0 Å². The molecule has 0 saturated carbocycles. The maximum atomic E-state index is 12.4. The molecule has 2 aromatic carbocycles. The number of nitrogens with zero attached hydrogens (tertiary/aromatic N) is 1. The van der Waals surface area contributed by atoms with Crippen molar-refractivity contribution >= 4 is 29.6 Å². The first-order valence-corrected chi connectivity index (χ1v) is 9.38. The number of imide groups is 2. The van der Waals surface area contributed by atoms with Crippen LogP contribution in [0.2, 0.25) is 0 Å². The fourth-order valence-electron chi connectivity index (χ4n) is 3.03. The van der Waals surface area contributed by atoms with E-state index in [1.165, 1.54) is 0 Å². The van der Waals surface area contributed by atoms with Crippen molar-refractivity contribution in [2.75, 3.05) is 13.2 Å². The summed E-state index contributed by atoms with van der Waals surface area (Å²) in [6, 6.07) is 13.2. The van der Waals surface area contributed by atoms with E-state index in [2.05, 4.69) is 5.32 Å². The topological polar surface area (TPSA) is 110 Å². The summed E-state index contributed by atoms with van der Waals surface area (Å²) in [5.41, 5.74) is 1.91. The number of hydrogen-bond acceptors (Lipinski definition) is 6. The number of hydrogen-bond donors (Lipinski definition) is 1. The summed E-state index contributed by atoms with van der Waals surface area (Å²) in [6.07, 6.45) is 0.125. The number of nitrogens with one attached hydrogen (secondary N) is 1. The van der Waals surface area contributed by atoms with E-state index >= 15 is 0 Å². The minimum Gasteiger partial charge on any atom is -0.456 e. The largest absolute Gasteiger partial charge is 0.456 e. The summed E-state index contributed by atoms with van der Waals surface area (Å²) in [4.78, 5) is 61.2. The molecule has 4 amide bonds. The Morgan fingerprint density at radius 1 is 0.967 bits per heavy atom. The predicted octanol–water partition coefficient (Wildman–Crippen LogP) is 1.87. The van der Waals surface area contributed by atoms with E-state index in [9.17, 15) is 24.0 Å². The van der Waals surface area contributed by atoms with Gasteiger partial charge in [0.25, 0.3) is 23.6 Å². The van der Waals surface area contributed by atoms with E-state index in [1.807, 2.05) is 6.92 Å². The molecule has 0 spiro atoms. The van der Waals surface area contributed by atoms with Gasteiger partial charge in [0, 0.05) is 18.5 Å². The number of aryl methyl sites for hydroxylation is 1. The summed E-state index contributed by atoms with van der Waals surface area (Å²) in [7, 11) is 0. The Hall–Kier alpha value is -3.81. The zero-order chi connectivity index (χ0) is 21.7. The predicted molar refractivity (Wildman–Crippen MR) is 106 cm³/mol. The highest BCUT2D eigenvalue weighted by Crippen LogP contribution is 2.24. The Labute approximate surface area is 172 Å². The van der Waals surface area contributed by atoms with Gasteiger partial charge in [-0.1, -0.05) is 29.8 Å². The van der Waals surface area contributed by atoms with Crippen LogP contribution in [0.4, 0.5) is 0 Å². The van der Waals surface area contributed by atoms with E-state index in [4.69, 9.17) is 4.74 Å². The smallest absolute Gasteiger partial charge is 0.306 e. The minimum atomic E-state index is -0.743. The van der Waals surface area contributed by atoms with Crippen molar-refractivity contribution in [1.29, 1.82) is 0 Å². The van der Waals surface area contributed by atoms with E-state index in [1.54, 1.807) is 48.5 Å². The maximum Gasteiger partial charge on any atom is 0.306 e. The first-order chi connectivity index (χ1) is 14.4. The molecule has 0 radical (unpaired) electrons. The van der Waals surface area contributed by atoms with Crippen LogP contribution in [-0.4, -0.2) is 47.6 Å². The van der Waals surface area contributed by atoms with Gasteiger partial charge in [0.1, 0.15) is 0 Å². The molecule has 1 aliphatic rings. The summed E-state index contributed by atoms with van der Waals surface area (Å²) >= 11 is 0. The van der Waals surface area contributed by atoms with Gasteiger partial charge >= 0.3 is 5.97 Å². The summed E-state index contributed by atoms with van der Waals surface area (Å²) in [6.45, 7) is 1.31. The van der Waals surface area contributed by atoms with E-state index in [0.717, 1.165) is 10.5 Å². The van der Waals surface area contributed by atoms with Gasteiger partial charge < -0.3 is 4.74 Å². The van der Waals surface area contributed by atoms with Crippen molar-refractivity contribution in [2.24, 2.45) is 0 Å². The van der Waals surface area contributed by atoms with E-state index in [0.29, 0.717) is 16.7 Å². The molecule has 154 valence electrons. The summed E-state index contributed by atoms with van der Waals surface area (Å²) < 4.78 is 4.84. The number of benzene rings is 2. The molecular formula is C22H20N2O6. The second-order valence-corrected chi connectivity index (χ2v) is 6.82. The van der Waals surface area contributed by atoms with E-state index in [-0.39, 0.29) is 31.2 Å². The summed E-state index contributed by atoms with van der Waals surface area (Å²) in [5, 5.41) is 2.13. The Morgan fingerprint density at radius 3 is 2.40 bits per heavy atom. The normalized spacial score (nSPS) is 12.5. The zero-order valence-electron chi connectivity index (χ0n) is 16.3. The first kappa shape index (κ1) is 20.9. The second-order valence-electron chi connectivity index (χ2n) is 6.82. The zero-order valence-corrected chi connectivity index (χ0v) is 16.3. The van der Waals surface area contributed by atoms with Crippen LogP contribution in [0.1, 0.15) is 49.5 Å². The van der Waals surface area contributed by atoms with Crippen molar-refractivity contribution in [3.63, 3.8) is 0 Å². The molecule has 8 nitrogen and oxygen atoms in total. The highest BCUT2D eigenvalue weighted by molar-refractivity contribution is 6.21. The third-order valence-electron chi connectivity index (χ3n) is 4.54. The molecule has 0 unspecified atom stereocenters. The highest BCUT2D eigenvalue weighted by atomic mass is 16.5. The molecule has 0 aliphatic carbocycles. The van der Waals surface area contributed by atoms with Crippen molar-refractivity contribution in [3.8, 4) is 0 Å². The van der Waals surface area contributed by atoms with Crippen molar-refractivity contribution in [2.45, 2.75) is 19.8 Å². The molecule has 0 bridgehead atoms. The number of ether oxygens (including phenoxy) is 1. The van der Waals surface area contributed by atoms with Crippen molar-refractivity contribution in [1.82, 2.24) is 10.2 Å². The number of carbonyl (C=O) groups excluding carboxylic acids is 5. The van der Waals surface area contributed by atoms with Crippen LogP contribution in [0.25, 0.3) is 0 Å². The lowest BCUT2D eigenvalue weighted by molar-refractivity contribution is -0.148. The molecule has 0 atom stereocenters. The van der Waals surface area contributed by atoms with Crippen LogP contribution in [0.15, 0.2) is 48.5 Å². The average molecular weight is 408 g/mol. The Morgan fingerprint density at radius 2 is 1.67 bits per heavy atom. The molecule has 1 N–H and O–H groups in total. The Kier molecular flexibility index (Phi) is 6.36. The molecule has 1 heterocycles. The Bertz CT molecular complexity index is 1020. The van der Waals surface area contributed by atoms with Crippen molar-refractivity contribution < 1.29 is 28.7 Å². The quantitative estimate of drug-likeness (QED) is 0.553. The molecule has 8 heteroatoms. The number of rotatable bonds is 7. The van der Waals surface area contributed by atoms with Gasteiger partial charge in [-0.05, 0) is 37.6 Å². The van der Waals surface area contributed by atoms with Gasteiger partial charge in [0.2, 0.25) is 0 Å². The van der Waals surface area contributed by atoms with E-state index < -0.39 is 24.4 Å². The molecule has 2 aromatic rings. The minimum absolute atomic E-state index is 0.0686. The van der Waals surface area contributed by atoms with Gasteiger partial charge in [-0.3, -0.25) is 34.2 Å². The molecule has 0 fully saturated rings. The number of esters is 1. The standard InChI is InChI=1S/C22H20N2O6/c1-14-9-10-16-17(12-14)22(29)24(21(16)28)11-5-8-19(26)30-13-18(25)23-20(27)15-6-3-2-4-7-15/h2-4,6-7,9-10,12H,5,8,11,13H2,1H3,(H,23,25,27). The monoisotopic (exact) mass is 408 g/mol. The lowest BCUT2D eigenvalue weighted by atomic mass is 10.1. The van der Waals surface area contributed by atoms with Crippen LogP contribution >= 0.6 is 0 Å². The van der Waals surface area contributed by atoms with Crippen LogP contribution in [0.3, 0.4) is 0 Å². The van der Waals surface area contributed by atoms with Gasteiger partial charge in [-0.25, -0.2) is 0 Å². The first-order valence-electron chi connectivity index (χ1n) is 9.38. The van der Waals surface area contributed by atoms with Crippen LogP contribution in [0.5, 0.6) is 0 Å². The van der Waals surface area contributed by atoms with Gasteiger partial charge in [0.05, 0.1) is 11.1 Å². The lowest BCUT2D eigenvalue weighted by Gasteiger charge is -2.13. The third-order valence-corrected chi connectivity index (χ3v) is 4.54.